The summed E-state index contributed by atoms with van der Waals surface area (Å²) in [7, 11) is 2.09. The number of anilines is 1. The number of benzene rings is 1. The van der Waals surface area contributed by atoms with Crippen molar-refractivity contribution in [1.29, 1.82) is 0 Å². The summed E-state index contributed by atoms with van der Waals surface area (Å²) in [6, 6.07) is 5.29. The number of halogens is 1. The van der Waals surface area contributed by atoms with Crippen LogP contribution < -0.4 is 21.5 Å². The Kier molecular flexibility index (Phi) is 6.94. The van der Waals surface area contributed by atoms with Crippen LogP contribution >= 0.6 is 0 Å². The zero-order valence-electron chi connectivity index (χ0n) is 17.0. The molecule has 1 aromatic carbocycles. The molecule has 0 bridgehead atoms. The molecule has 3 rings (SSSR count). The predicted octanol–water partition coefficient (Wildman–Crippen LogP) is 3.05. The fourth-order valence-electron chi connectivity index (χ4n) is 3.86. The van der Waals surface area contributed by atoms with Gasteiger partial charge in [-0.1, -0.05) is 19.3 Å². The number of hydrogen-bond donors (Lipinski definition) is 4. The summed E-state index contributed by atoms with van der Waals surface area (Å²) < 4.78 is 19.9. The molecule has 0 radical (unpaired) electrons. The summed E-state index contributed by atoms with van der Waals surface area (Å²) in [5.74, 6) is -0.709. The van der Waals surface area contributed by atoms with Gasteiger partial charge < -0.3 is 26.1 Å². The molecule has 6 N–H and O–H groups in total. The van der Waals surface area contributed by atoms with Gasteiger partial charge in [0.15, 0.2) is 0 Å². The molecule has 1 aromatic heterocycles. The lowest BCUT2D eigenvalue weighted by Gasteiger charge is -2.31. The smallest absolute Gasteiger partial charge is 0.317 e. The molecule has 8 nitrogen and oxygen atoms in total. The number of nitrogens with one attached hydrogen (secondary N) is 2. The molecule has 0 unspecified atom stereocenters. The van der Waals surface area contributed by atoms with E-state index in [1.807, 2.05) is 0 Å². The van der Waals surface area contributed by atoms with Crippen molar-refractivity contribution in [2.45, 2.75) is 38.1 Å². The zero-order chi connectivity index (χ0) is 21.7. The van der Waals surface area contributed by atoms with Gasteiger partial charge in [-0.3, -0.25) is 10.1 Å². The summed E-state index contributed by atoms with van der Waals surface area (Å²) >= 11 is 0. The fourth-order valence-corrected chi connectivity index (χ4v) is 3.86. The van der Waals surface area contributed by atoms with Crippen LogP contribution in [-0.2, 0) is 0 Å². The second-order valence-corrected chi connectivity index (χ2v) is 7.59. The number of ether oxygens (including phenoxy) is 1. The summed E-state index contributed by atoms with van der Waals surface area (Å²) in [6.45, 7) is 1.18. The topological polar surface area (TPSA) is 126 Å². The van der Waals surface area contributed by atoms with Gasteiger partial charge in [0.25, 0.3) is 5.91 Å². The van der Waals surface area contributed by atoms with Gasteiger partial charge in [0.1, 0.15) is 24.0 Å². The van der Waals surface area contributed by atoms with Crippen LogP contribution in [0.5, 0.6) is 5.75 Å². The van der Waals surface area contributed by atoms with E-state index in [0.29, 0.717) is 29.7 Å². The van der Waals surface area contributed by atoms with Gasteiger partial charge in [-0.05, 0) is 44.2 Å². The van der Waals surface area contributed by atoms with Crippen molar-refractivity contribution in [2.75, 3.05) is 25.5 Å². The largest absolute Gasteiger partial charge is 0.492 e. The molecule has 0 aliphatic heterocycles. The third-order valence-corrected chi connectivity index (χ3v) is 5.46. The lowest BCUT2D eigenvalue weighted by atomic mass is 9.94. The minimum absolute atomic E-state index is 0.0380. The first-order chi connectivity index (χ1) is 14.3. The molecule has 9 heteroatoms. The average molecular weight is 417 g/mol. The second-order valence-electron chi connectivity index (χ2n) is 7.59. The van der Waals surface area contributed by atoms with E-state index in [2.05, 4.69) is 22.2 Å². The SMILES string of the molecule is CN(CCOc1ccc(F)cc1-c1cc(C(N)=O)c(NC(N)=O)[nH]1)C1CCCCC1. The third-order valence-electron chi connectivity index (χ3n) is 5.46. The summed E-state index contributed by atoms with van der Waals surface area (Å²) in [4.78, 5) is 28.1. The lowest BCUT2D eigenvalue weighted by Crippen LogP contribution is -2.36. The van der Waals surface area contributed by atoms with E-state index in [0.717, 1.165) is 6.54 Å². The Bertz CT molecular complexity index is 908. The van der Waals surface area contributed by atoms with Gasteiger partial charge in [-0.25, -0.2) is 9.18 Å². The number of carbonyl (C=O) groups is 2. The van der Waals surface area contributed by atoms with E-state index in [1.165, 1.54) is 56.4 Å². The number of nitrogens with zero attached hydrogens (tertiary/aromatic N) is 1. The number of hydrogen-bond acceptors (Lipinski definition) is 4. The van der Waals surface area contributed by atoms with Crippen LogP contribution in [0.25, 0.3) is 11.3 Å². The number of aromatic nitrogens is 1. The third kappa shape index (κ3) is 5.29. The maximum atomic E-state index is 13.9. The first kappa shape index (κ1) is 21.6. The van der Waals surface area contributed by atoms with Crippen molar-refractivity contribution in [1.82, 2.24) is 9.88 Å². The monoisotopic (exact) mass is 417 g/mol. The van der Waals surface area contributed by atoms with Gasteiger partial charge in [0.2, 0.25) is 0 Å². The van der Waals surface area contributed by atoms with Crippen molar-refractivity contribution in [3.8, 4) is 17.0 Å². The number of rotatable bonds is 8. The molecule has 3 amide bonds. The number of H-pyrrole nitrogens is 1. The number of carbonyl (C=O) groups excluding carboxylic acids is 2. The van der Waals surface area contributed by atoms with Crippen LogP contribution in [0.15, 0.2) is 24.3 Å². The van der Waals surface area contributed by atoms with Crippen molar-refractivity contribution in [3.63, 3.8) is 0 Å². The van der Waals surface area contributed by atoms with Crippen LogP contribution in [0.1, 0.15) is 42.5 Å². The Labute approximate surface area is 174 Å². The van der Waals surface area contributed by atoms with Gasteiger partial charge in [-0.2, -0.15) is 0 Å². The molecule has 162 valence electrons. The molecule has 0 atom stereocenters. The van der Waals surface area contributed by atoms with Crippen LogP contribution in [0.3, 0.4) is 0 Å². The van der Waals surface area contributed by atoms with Crippen LogP contribution in [-0.4, -0.2) is 48.1 Å². The minimum Gasteiger partial charge on any atom is -0.492 e. The Morgan fingerprint density at radius 3 is 2.63 bits per heavy atom. The zero-order valence-corrected chi connectivity index (χ0v) is 17.0. The Balaban J connectivity index is 1.77. The summed E-state index contributed by atoms with van der Waals surface area (Å²) in [5, 5.41) is 2.31. The first-order valence-electron chi connectivity index (χ1n) is 10.1. The lowest BCUT2D eigenvalue weighted by molar-refractivity contribution is 0.100. The van der Waals surface area contributed by atoms with E-state index in [1.54, 1.807) is 0 Å². The second kappa shape index (κ2) is 9.62. The van der Waals surface area contributed by atoms with Crippen molar-refractivity contribution in [2.24, 2.45) is 11.5 Å². The van der Waals surface area contributed by atoms with Crippen molar-refractivity contribution >= 4 is 17.8 Å². The molecule has 0 saturated heterocycles. The average Bonchev–Trinajstić information content (AvgIpc) is 3.13. The summed E-state index contributed by atoms with van der Waals surface area (Å²) in [5.41, 5.74) is 11.3. The maximum absolute atomic E-state index is 13.9. The molecule has 1 fully saturated rings. The van der Waals surface area contributed by atoms with Crippen LogP contribution in [0.4, 0.5) is 15.0 Å². The van der Waals surface area contributed by atoms with Gasteiger partial charge >= 0.3 is 6.03 Å². The molecule has 1 saturated carbocycles. The minimum atomic E-state index is -0.854. The highest BCUT2D eigenvalue weighted by atomic mass is 19.1. The highest BCUT2D eigenvalue weighted by molar-refractivity contribution is 6.03. The number of primary amides is 2. The van der Waals surface area contributed by atoms with Crippen LogP contribution in [0.2, 0.25) is 0 Å². The number of nitrogens with two attached hydrogens (primary N) is 2. The van der Waals surface area contributed by atoms with Crippen molar-refractivity contribution in [3.05, 3.63) is 35.6 Å². The fraction of sp³-hybridized carbons (Fsp3) is 0.429. The number of amides is 3. The molecular formula is C21H28FN5O3. The summed E-state index contributed by atoms with van der Waals surface area (Å²) in [6.07, 6.45) is 6.22. The van der Waals surface area contributed by atoms with Gasteiger partial charge in [0, 0.05) is 18.2 Å². The Morgan fingerprint density at radius 2 is 1.97 bits per heavy atom. The highest BCUT2D eigenvalue weighted by Crippen LogP contribution is 2.33. The van der Waals surface area contributed by atoms with Gasteiger partial charge in [-0.15, -0.1) is 0 Å². The quantitative estimate of drug-likeness (QED) is 0.526. The molecule has 1 heterocycles. The maximum Gasteiger partial charge on any atom is 0.317 e. The number of urea groups is 1. The highest BCUT2D eigenvalue weighted by Gasteiger charge is 2.20. The Morgan fingerprint density at radius 1 is 1.23 bits per heavy atom. The van der Waals surface area contributed by atoms with Gasteiger partial charge in [0.05, 0.1) is 11.3 Å². The molecular weight excluding hydrogens is 389 g/mol. The van der Waals surface area contributed by atoms with E-state index >= 15 is 0 Å². The number of aromatic amines is 1. The molecule has 2 aromatic rings. The van der Waals surface area contributed by atoms with E-state index in [4.69, 9.17) is 16.2 Å². The first-order valence-corrected chi connectivity index (χ1v) is 10.1. The number of likely N-dealkylation sites (N-methyl/N-ethyl adjacent to an activating group) is 1. The van der Waals surface area contributed by atoms with E-state index in [-0.39, 0.29) is 11.4 Å². The standard InChI is InChI=1S/C21H28FN5O3/c1-27(14-5-3-2-4-6-14)9-10-30-18-8-7-13(22)11-15(18)17-12-16(19(23)28)20(25-17)26-21(24)29/h7-8,11-12,14,25H,2-6,9-10H2,1H3,(H2,23,28)(H3,24,26,29). The van der Waals surface area contributed by atoms with E-state index in [9.17, 15) is 14.0 Å². The molecule has 30 heavy (non-hydrogen) atoms. The van der Waals surface area contributed by atoms with Crippen LogP contribution in [0, 0.1) is 5.82 Å². The molecule has 1 aliphatic rings. The van der Waals surface area contributed by atoms with E-state index < -0.39 is 17.8 Å². The molecule has 1 aliphatic carbocycles. The Hall–Kier alpha value is -3.07. The molecule has 0 spiro atoms. The normalized spacial score (nSPS) is 14.6. The predicted molar refractivity (Wildman–Crippen MR) is 113 cm³/mol. The van der Waals surface area contributed by atoms with Crippen molar-refractivity contribution < 1.29 is 18.7 Å².